The SMILES string of the molecule is CCCCCCCC[C@H]1CC[C@H]2[C@]3(C)C[C@H]4O[C@]45C[C@@H](O)CC[C@]5(C)[C@H]3CC[C@]12C. The van der Waals surface area contributed by atoms with E-state index in [1.165, 1.54) is 83.5 Å². The lowest BCUT2D eigenvalue weighted by Crippen LogP contribution is -2.62. The molecule has 5 fully saturated rings. The van der Waals surface area contributed by atoms with Crippen LogP contribution < -0.4 is 0 Å². The first-order valence-corrected chi connectivity index (χ1v) is 13.7. The van der Waals surface area contributed by atoms with Crippen LogP contribution >= 0.6 is 0 Å². The van der Waals surface area contributed by atoms with Gasteiger partial charge in [-0.2, -0.15) is 0 Å². The number of aliphatic hydroxyl groups excluding tert-OH is 1. The average molecular weight is 417 g/mol. The normalized spacial score (nSPS) is 54.1. The molecule has 2 nitrogen and oxygen atoms in total. The van der Waals surface area contributed by atoms with E-state index in [1.54, 1.807) is 0 Å². The van der Waals surface area contributed by atoms with Crippen LogP contribution in [-0.4, -0.2) is 22.9 Å². The standard InChI is InChI=1S/C28H48O2/c1-5-6-7-8-9-10-11-20-12-13-22-25(20,2)16-15-23-26(22,3)19-24-28(30-24)18-21(29)14-17-27(23,28)4/h20-24,29H,5-19H2,1-4H3/t20-,21-,22+,23-,24+,25+,26-,27+,28+/m0/s1. The summed E-state index contributed by atoms with van der Waals surface area (Å²) < 4.78 is 6.56. The molecule has 172 valence electrons. The fourth-order valence-electron chi connectivity index (χ4n) is 10.1. The van der Waals surface area contributed by atoms with Gasteiger partial charge >= 0.3 is 0 Å². The maximum Gasteiger partial charge on any atom is 0.103 e. The molecule has 0 radical (unpaired) electrons. The van der Waals surface area contributed by atoms with Gasteiger partial charge in [0, 0.05) is 11.8 Å². The van der Waals surface area contributed by atoms with Crippen LogP contribution in [0.4, 0.5) is 0 Å². The van der Waals surface area contributed by atoms with Crippen molar-refractivity contribution >= 4 is 0 Å². The van der Waals surface area contributed by atoms with E-state index in [4.69, 9.17) is 4.74 Å². The van der Waals surface area contributed by atoms with Crippen molar-refractivity contribution in [1.82, 2.24) is 0 Å². The number of aliphatic hydroxyl groups is 1. The number of fused-ring (bicyclic) bond motifs is 4. The molecule has 0 aromatic rings. The summed E-state index contributed by atoms with van der Waals surface area (Å²) in [5, 5.41) is 10.4. The fraction of sp³-hybridized carbons (Fsp3) is 1.00. The molecule has 9 atom stereocenters. The molecule has 5 rings (SSSR count). The van der Waals surface area contributed by atoms with Gasteiger partial charge in [0.05, 0.1) is 12.2 Å². The van der Waals surface area contributed by atoms with Crippen LogP contribution in [0.3, 0.4) is 0 Å². The van der Waals surface area contributed by atoms with E-state index < -0.39 is 0 Å². The molecule has 1 saturated heterocycles. The Kier molecular flexibility index (Phi) is 5.42. The molecular formula is C28H48O2. The van der Waals surface area contributed by atoms with Crippen LogP contribution in [0.1, 0.15) is 124 Å². The molecule has 0 amide bonds. The van der Waals surface area contributed by atoms with Crippen LogP contribution in [0.5, 0.6) is 0 Å². The predicted octanol–water partition coefficient (Wildman–Crippen LogP) is 7.28. The van der Waals surface area contributed by atoms with Gasteiger partial charge in [0.2, 0.25) is 0 Å². The van der Waals surface area contributed by atoms with Gasteiger partial charge in [0.1, 0.15) is 5.60 Å². The smallest absolute Gasteiger partial charge is 0.103 e. The van der Waals surface area contributed by atoms with E-state index in [0.29, 0.717) is 22.3 Å². The summed E-state index contributed by atoms with van der Waals surface area (Å²) in [4.78, 5) is 0. The van der Waals surface area contributed by atoms with E-state index in [9.17, 15) is 5.11 Å². The lowest BCUT2D eigenvalue weighted by molar-refractivity contribution is -0.159. The van der Waals surface area contributed by atoms with Crippen molar-refractivity contribution in [1.29, 1.82) is 0 Å². The van der Waals surface area contributed by atoms with Gasteiger partial charge in [-0.25, -0.2) is 0 Å². The van der Waals surface area contributed by atoms with Crippen molar-refractivity contribution in [2.75, 3.05) is 0 Å². The van der Waals surface area contributed by atoms with E-state index >= 15 is 0 Å². The van der Waals surface area contributed by atoms with Crippen molar-refractivity contribution in [3.05, 3.63) is 0 Å². The third-order valence-corrected chi connectivity index (χ3v) is 11.7. The van der Waals surface area contributed by atoms with Crippen molar-refractivity contribution in [3.63, 3.8) is 0 Å². The monoisotopic (exact) mass is 416 g/mol. The number of rotatable bonds is 7. The number of epoxide rings is 1. The Morgan fingerprint density at radius 2 is 1.57 bits per heavy atom. The highest BCUT2D eigenvalue weighted by Crippen LogP contribution is 2.77. The first-order chi connectivity index (χ1) is 14.3. The zero-order chi connectivity index (χ0) is 21.2. The van der Waals surface area contributed by atoms with E-state index in [0.717, 1.165) is 30.6 Å². The number of hydrogen-bond acceptors (Lipinski definition) is 2. The summed E-state index contributed by atoms with van der Waals surface area (Å²) in [7, 11) is 0. The first kappa shape index (κ1) is 21.7. The third kappa shape index (κ3) is 2.94. The minimum Gasteiger partial charge on any atom is -0.393 e. The van der Waals surface area contributed by atoms with Gasteiger partial charge < -0.3 is 9.84 Å². The minimum atomic E-state index is -0.130. The third-order valence-electron chi connectivity index (χ3n) is 11.7. The molecule has 1 aliphatic heterocycles. The van der Waals surface area contributed by atoms with E-state index in [1.807, 2.05) is 0 Å². The molecule has 2 heteroatoms. The number of hydrogen-bond donors (Lipinski definition) is 1. The summed E-state index contributed by atoms with van der Waals surface area (Å²) in [6, 6.07) is 0. The molecule has 1 heterocycles. The zero-order valence-electron chi connectivity index (χ0n) is 20.3. The molecule has 0 aromatic heterocycles. The second-order valence-corrected chi connectivity index (χ2v) is 13.0. The molecule has 4 aliphatic carbocycles. The Labute approximate surface area is 185 Å². The molecule has 0 aromatic carbocycles. The van der Waals surface area contributed by atoms with Gasteiger partial charge in [0.15, 0.2) is 0 Å². The highest BCUT2D eigenvalue weighted by Gasteiger charge is 2.78. The van der Waals surface area contributed by atoms with Crippen molar-refractivity contribution < 1.29 is 9.84 Å². The van der Waals surface area contributed by atoms with E-state index in [2.05, 4.69) is 27.7 Å². The van der Waals surface area contributed by atoms with Crippen molar-refractivity contribution in [3.8, 4) is 0 Å². The Hall–Kier alpha value is -0.0800. The van der Waals surface area contributed by atoms with Crippen LogP contribution in [0.25, 0.3) is 0 Å². The summed E-state index contributed by atoms with van der Waals surface area (Å²) >= 11 is 0. The Bertz CT molecular complexity index is 647. The highest BCUT2D eigenvalue weighted by atomic mass is 16.6. The quantitative estimate of drug-likeness (QED) is 0.349. The van der Waals surface area contributed by atoms with Crippen LogP contribution in [0, 0.1) is 34.0 Å². The van der Waals surface area contributed by atoms with Crippen LogP contribution in [-0.2, 0) is 4.74 Å². The highest BCUT2D eigenvalue weighted by molar-refractivity contribution is 5.26. The van der Waals surface area contributed by atoms with E-state index in [-0.39, 0.29) is 11.7 Å². The molecule has 0 unspecified atom stereocenters. The maximum atomic E-state index is 10.4. The summed E-state index contributed by atoms with van der Waals surface area (Å²) in [5.74, 6) is 2.64. The van der Waals surface area contributed by atoms with Crippen molar-refractivity contribution in [2.24, 2.45) is 34.0 Å². The summed E-state index contributed by atoms with van der Waals surface area (Å²) in [5.41, 5.74) is 1.33. The van der Waals surface area contributed by atoms with Crippen LogP contribution in [0.2, 0.25) is 0 Å². The number of ether oxygens (including phenoxy) is 1. The summed E-state index contributed by atoms with van der Waals surface area (Å²) in [6.45, 7) is 10.2. The maximum absolute atomic E-state index is 10.4. The molecule has 1 N–H and O–H groups in total. The number of unbranched alkanes of at least 4 members (excludes halogenated alkanes) is 5. The molecule has 4 saturated carbocycles. The Morgan fingerprint density at radius 1 is 0.800 bits per heavy atom. The Morgan fingerprint density at radius 3 is 2.37 bits per heavy atom. The van der Waals surface area contributed by atoms with Gasteiger partial charge in [0.25, 0.3) is 0 Å². The first-order valence-electron chi connectivity index (χ1n) is 13.7. The van der Waals surface area contributed by atoms with Gasteiger partial charge in [-0.15, -0.1) is 0 Å². The second-order valence-electron chi connectivity index (χ2n) is 13.0. The zero-order valence-corrected chi connectivity index (χ0v) is 20.3. The molecular weight excluding hydrogens is 368 g/mol. The van der Waals surface area contributed by atoms with Gasteiger partial charge in [-0.3, -0.25) is 0 Å². The van der Waals surface area contributed by atoms with Gasteiger partial charge in [-0.05, 0) is 80.0 Å². The average Bonchev–Trinajstić information content (AvgIpc) is 3.26. The summed E-state index contributed by atoms with van der Waals surface area (Å²) in [6.07, 6.45) is 20.5. The topological polar surface area (TPSA) is 32.8 Å². The lowest BCUT2D eigenvalue weighted by atomic mass is 9.39. The molecule has 5 aliphatic rings. The molecule has 1 spiro atoms. The Balaban J connectivity index is 1.30. The largest absolute Gasteiger partial charge is 0.393 e. The lowest BCUT2D eigenvalue weighted by Gasteiger charge is -2.64. The van der Waals surface area contributed by atoms with Crippen molar-refractivity contribution in [2.45, 2.75) is 142 Å². The fourth-order valence-corrected chi connectivity index (χ4v) is 10.1. The van der Waals surface area contributed by atoms with Gasteiger partial charge in [-0.1, -0.05) is 66.2 Å². The van der Waals surface area contributed by atoms with Crippen LogP contribution in [0.15, 0.2) is 0 Å². The minimum absolute atomic E-state index is 0.0269. The molecule has 0 bridgehead atoms. The second kappa shape index (κ2) is 7.47. The molecule has 30 heavy (non-hydrogen) atoms. The predicted molar refractivity (Wildman–Crippen MR) is 123 cm³/mol.